The highest BCUT2D eigenvalue weighted by Crippen LogP contribution is 2.38. The van der Waals surface area contributed by atoms with E-state index in [1.165, 1.54) is 4.90 Å². The van der Waals surface area contributed by atoms with E-state index < -0.39 is 23.6 Å². The fourth-order valence-electron chi connectivity index (χ4n) is 2.27. The number of hydrogen-bond donors (Lipinski definition) is 1. The molecule has 0 bridgehead atoms. The molecule has 1 aromatic heterocycles. The topological polar surface area (TPSA) is 59.5 Å². The van der Waals surface area contributed by atoms with Gasteiger partial charge in [0, 0.05) is 11.6 Å². The molecule has 0 saturated carbocycles. The van der Waals surface area contributed by atoms with E-state index in [2.05, 4.69) is 0 Å². The Hall–Kier alpha value is -1.48. The molecule has 2 aromatic rings. The molecular weight excluding hydrogens is 381 g/mol. The van der Waals surface area contributed by atoms with E-state index in [-0.39, 0.29) is 17.8 Å². The Morgan fingerprint density at radius 2 is 2.10 bits per heavy atom. The van der Waals surface area contributed by atoms with Crippen molar-refractivity contribution in [3.05, 3.63) is 51.0 Å². The van der Waals surface area contributed by atoms with E-state index in [0.29, 0.717) is 9.53 Å². The fraction of sp³-hybridized carbons (Fsp3) is 0.154. The van der Waals surface area contributed by atoms with Gasteiger partial charge in [-0.3, -0.25) is 4.79 Å². The van der Waals surface area contributed by atoms with Gasteiger partial charge < -0.3 is 15.1 Å². The van der Waals surface area contributed by atoms with Crippen molar-refractivity contribution >= 4 is 34.2 Å². The van der Waals surface area contributed by atoms with Crippen LogP contribution in [0.3, 0.4) is 0 Å². The smallest absolute Gasteiger partial charge is 0.249 e. The molecule has 0 saturated heterocycles. The van der Waals surface area contributed by atoms with Gasteiger partial charge in [-0.15, -0.1) is 0 Å². The molecule has 4 nitrogen and oxygen atoms in total. The van der Waals surface area contributed by atoms with Crippen LogP contribution >= 0.6 is 22.6 Å². The van der Waals surface area contributed by atoms with Crippen molar-refractivity contribution in [2.75, 3.05) is 4.90 Å². The summed E-state index contributed by atoms with van der Waals surface area (Å²) in [6.45, 7) is 0.0887. The number of benzene rings is 1. The number of anilines is 1. The monoisotopic (exact) mass is 390 g/mol. The van der Waals surface area contributed by atoms with Crippen LogP contribution in [0.5, 0.6) is 0 Å². The molecule has 20 heavy (non-hydrogen) atoms. The highest BCUT2D eigenvalue weighted by atomic mass is 127. The second-order valence-corrected chi connectivity index (χ2v) is 5.49. The third kappa shape index (κ3) is 2.10. The number of carbonyl (C=O) groups is 1. The third-order valence-corrected chi connectivity index (χ3v) is 3.73. The number of fused-ring (bicyclic) bond motifs is 1. The highest BCUT2D eigenvalue weighted by Gasteiger charge is 2.38. The second kappa shape index (κ2) is 4.81. The summed E-state index contributed by atoms with van der Waals surface area (Å²) in [4.78, 5) is 13.3. The van der Waals surface area contributed by atoms with Gasteiger partial charge in [0.1, 0.15) is 23.4 Å². The molecule has 1 atom stereocenters. The van der Waals surface area contributed by atoms with Gasteiger partial charge in [0.15, 0.2) is 3.77 Å². The maximum atomic E-state index is 13.8. The summed E-state index contributed by atoms with van der Waals surface area (Å²) in [5, 5.41) is 0. The average Bonchev–Trinajstić information content (AvgIpc) is 2.87. The minimum absolute atomic E-state index is 0.0256. The molecule has 1 unspecified atom stereocenters. The van der Waals surface area contributed by atoms with Crippen LogP contribution < -0.4 is 10.6 Å². The lowest BCUT2D eigenvalue weighted by molar-refractivity contribution is -0.119. The van der Waals surface area contributed by atoms with Crippen molar-refractivity contribution in [1.82, 2.24) is 0 Å². The summed E-state index contributed by atoms with van der Waals surface area (Å²) in [7, 11) is 0. The number of carbonyl (C=O) groups excluding carboxylic acids is 1. The number of hydrogen-bond acceptors (Lipinski definition) is 3. The molecule has 2 N–H and O–H groups in total. The van der Waals surface area contributed by atoms with Gasteiger partial charge in [-0.25, -0.2) is 8.78 Å². The molecule has 1 aliphatic rings. The predicted molar refractivity (Wildman–Crippen MR) is 75.9 cm³/mol. The maximum Gasteiger partial charge on any atom is 0.249 e. The minimum atomic E-state index is -1.11. The van der Waals surface area contributed by atoms with Crippen molar-refractivity contribution in [3.63, 3.8) is 0 Å². The summed E-state index contributed by atoms with van der Waals surface area (Å²) >= 11 is 1.99. The number of rotatable bonds is 2. The zero-order valence-corrected chi connectivity index (χ0v) is 12.2. The molecule has 2 heterocycles. The van der Waals surface area contributed by atoms with E-state index in [1.807, 2.05) is 22.6 Å². The first-order valence-corrected chi connectivity index (χ1v) is 6.85. The van der Waals surface area contributed by atoms with Gasteiger partial charge in [0.05, 0.1) is 12.2 Å². The van der Waals surface area contributed by atoms with E-state index in [0.717, 1.165) is 12.1 Å². The number of amides is 1. The summed E-state index contributed by atoms with van der Waals surface area (Å²) in [6.07, 6.45) is 0. The Balaban J connectivity index is 2.03. The first-order chi connectivity index (χ1) is 9.47. The van der Waals surface area contributed by atoms with Gasteiger partial charge in [0.25, 0.3) is 0 Å². The van der Waals surface area contributed by atoms with Gasteiger partial charge >= 0.3 is 0 Å². The fourth-order valence-corrected chi connectivity index (χ4v) is 2.73. The molecule has 1 aromatic carbocycles. The Morgan fingerprint density at radius 1 is 1.35 bits per heavy atom. The molecule has 0 aliphatic carbocycles. The standard InChI is InChI=1S/C13H9F2IN2O2/c14-6-3-8(15)11-9(4-6)18(13(19)12(11)17)5-7-1-2-10(16)20-7/h1-4,12H,5,17H2. The van der Waals surface area contributed by atoms with Crippen LogP contribution in [0, 0.1) is 15.4 Å². The van der Waals surface area contributed by atoms with Crippen molar-refractivity contribution in [3.8, 4) is 0 Å². The van der Waals surface area contributed by atoms with Crippen molar-refractivity contribution in [2.45, 2.75) is 12.6 Å². The summed E-state index contributed by atoms with van der Waals surface area (Å²) in [5.41, 5.74) is 5.89. The Bertz CT molecular complexity index is 702. The zero-order valence-electron chi connectivity index (χ0n) is 10.1. The molecule has 104 valence electrons. The molecule has 7 heteroatoms. The molecule has 0 fully saturated rings. The third-order valence-electron chi connectivity index (χ3n) is 3.15. The predicted octanol–water partition coefficient (Wildman–Crippen LogP) is 2.71. The number of nitrogens with zero attached hydrogens (tertiary/aromatic N) is 1. The summed E-state index contributed by atoms with van der Waals surface area (Å²) in [6, 6.07) is 4.17. The quantitative estimate of drug-likeness (QED) is 0.803. The van der Waals surface area contributed by atoms with Crippen LogP contribution in [0.1, 0.15) is 17.4 Å². The lowest BCUT2D eigenvalue weighted by atomic mass is 10.1. The number of halogens is 3. The van der Waals surface area contributed by atoms with Gasteiger partial charge in [-0.2, -0.15) is 0 Å². The first kappa shape index (κ1) is 13.5. The molecule has 3 rings (SSSR count). The van der Waals surface area contributed by atoms with E-state index in [9.17, 15) is 13.6 Å². The normalized spacial score (nSPS) is 17.7. The highest BCUT2D eigenvalue weighted by molar-refractivity contribution is 14.1. The SMILES string of the molecule is NC1C(=O)N(Cc2ccc(I)o2)c2cc(F)cc(F)c21. The van der Waals surface area contributed by atoms with E-state index >= 15 is 0 Å². The Labute approximate surface area is 126 Å². The number of nitrogens with two attached hydrogens (primary N) is 1. The van der Waals surface area contributed by atoms with E-state index in [1.54, 1.807) is 12.1 Å². The molecule has 0 radical (unpaired) electrons. The molecular formula is C13H9F2IN2O2. The lowest BCUT2D eigenvalue weighted by Gasteiger charge is -2.16. The average molecular weight is 390 g/mol. The summed E-state index contributed by atoms with van der Waals surface area (Å²) < 4.78 is 33.2. The largest absolute Gasteiger partial charge is 0.453 e. The summed E-state index contributed by atoms with van der Waals surface area (Å²) in [5.74, 6) is -1.51. The second-order valence-electron chi connectivity index (χ2n) is 4.43. The van der Waals surface area contributed by atoms with Crippen LogP contribution in [0.25, 0.3) is 0 Å². The minimum Gasteiger partial charge on any atom is -0.453 e. The Kier molecular flexibility index (Phi) is 3.25. The lowest BCUT2D eigenvalue weighted by Crippen LogP contribution is -2.31. The first-order valence-electron chi connectivity index (χ1n) is 5.77. The zero-order chi connectivity index (χ0) is 14.4. The Morgan fingerprint density at radius 3 is 2.75 bits per heavy atom. The van der Waals surface area contributed by atoms with Crippen molar-refractivity contribution in [1.29, 1.82) is 0 Å². The van der Waals surface area contributed by atoms with Gasteiger partial charge in [-0.05, 0) is 40.8 Å². The molecule has 1 amide bonds. The number of furan rings is 1. The van der Waals surface area contributed by atoms with Gasteiger partial charge in [0.2, 0.25) is 5.91 Å². The van der Waals surface area contributed by atoms with E-state index in [4.69, 9.17) is 10.2 Å². The van der Waals surface area contributed by atoms with Crippen LogP contribution in [-0.4, -0.2) is 5.91 Å². The van der Waals surface area contributed by atoms with Crippen LogP contribution in [0.2, 0.25) is 0 Å². The van der Waals surface area contributed by atoms with Crippen LogP contribution in [-0.2, 0) is 11.3 Å². The van der Waals surface area contributed by atoms with Gasteiger partial charge in [-0.1, -0.05) is 0 Å². The molecule has 0 spiro atoms. The van der Waals surface area contributed by atoms with Crippen molar-refractivity contribution < 1.29 is 18.0 Å². The van der Waals surface area contributed by atoms with Crippen LogP contribution in [0.4, 0.5) is 14.5 Å². The maximum absolute atomic E-state index is 13.8. The molecule has 1 aliphatic heterocycles. The van der Waals surface area contributed by atoms with Crippen molar-refractivity contribution in [2.24, 2.45) is 5.73 Å². The van der Waals surface area contributed by atoms with Crippen LogP contribution in [0.15, 0.2) is 28.7 Å².